The van der Waals surface area contributed by atoms with Gasteiger partial charge in [0.1, 0.15) is 0 Å². The second-order valence-corrected chi connectivity index (χ2v) is 3.18. The first-order chi connectivity index (χ1) is 3.79. The van der Waals surface area contributed by atoms with Crippen LogP contribution in [0.4, 0.5) is 0 Å². The van der Waals surface area contributed by atoms with Gasteiger partial charge in [0.25, 0.3) is 0 Å². The zero-order valence-electron chi connectivity index (χ0n) is 5.07. The van der Waals surface area contributed by atoms with Gasteiger partial charge in [0, 0.05) is 0 Å². The Morgan fingerprint density at radius 2 is 2.25 bits per heavy atom. The van der Waals surface area contributed by atoms with Crippen LogP contribution in [0.1, 0.15) is 26.2 Å². The maximum atomic E-state index is 8.55. The van der Waals surface area contributed by atoms with Gasteiger partial charge in [-0.15, -0.1) is 0 Å². The largest absolute Gasteiger partial charge is 0.198 e. The van der Waals surface area contributed by atoms with Crippen LogP contribution in [-0.4, -0.2) is 0 Å². The summed E-state index contributed by atoms with van der Waals surface area (Å²) in [6.07, 6.45) is 3.63. The second-order valence-electron chi connectivity index (χ2n) is 3.18. The topological polar surface area (TPSA) is 23.8 Å². The molecule has 0 bridgehead atoms. The minimum Gasteiger partial charge on any atom is -0.198 e. The predicted molar refractivity (Wildman–Crippen MR) is 30.0 cm³/mol. The highest BCUT2D eigenvalue weighted by Gasteiger charge is 2.82. The Bertz CT molecular complexity index is 169. The summed E-state index contributed by atoms with van der Waals surface area (Å²) >= 11 is 0. The van der Waals surface area contributed by atoms with Crippen molar-refractivity contribution in [2.24, 2.45) is 10.8 Å². The molecule has 0 N–H and O–H groups in total. The predicted octanol–water partition coefficient (Wildman–Crippen LogP) is 1.70. The zero-order valence-corrected chi connectivity index (χ0v) is 5.07. The van der Waals surface area contributed by atoms with E-state index in [4.69, 9.17) is 5.26 Å². The minimum absolute atomic E-state index is 0.210. The van der Waals surface area contributed by atoms with Gasteiger partial charge in [0.05, 0.1) is 11.5 Å². The minimum atomic E-state index is 0.210. The Labute approximate surface area is 49.3 Å². The fourth-order valence-electron chi connectivity index (χ4n) is 1.80. The molecule has 0 aromatic heterocycles. The molecule has 2 rings (SSSR count). The highest BCUT2D eigenvalue weighted by molar-refractivity contribution is 5.39. The lowest BCUT2D eigenvalue weighted by Gasteiger charge is -1.88. The Morgan fingerprint density at radius 3 is 2.38 bits per heavy atom. The number of hydrogen-bond donors (Lipinski definition) is 0. The van der Waals surface area contributed by atoms with Crippen molar-refractivity contribution in [1.29, 1.82) is 5.26 Å². The molecule has 0 amide bonds. The van der Waals surface area contributed by atoms with Crippen molar-refractivity contribution in [1.82, 2.24) is 0 Å². The Balaban J connectivity index is 2.18. The molecule has 2 aliphatic rings. The quantitative estimate of drug-likeness (QED) is 0.500. The van der Waals surface area contributed by atoms with E-state index in [2.05, 4.69) is 13.0 Å². The molecule has 2 fully saturated rings. The SMILES string of the molecule is CCC12CC1(C#N)C2. The van der Waals surface area contributed by atoms with E-state index in [1.807, 2.05) is 0 Å². The summed E-state index contributed by atoms with van der Waals surface area (Å²) in [4.78, 5) is 0. The second kappa shape index (κ2) is 0.815. The number of nitriles is 1. The number of rotatable bonds is 1. The van der Waals surface area contributed by atoms with Crippen LogP contribution >= 0.6 is 0 Å². The molecule has 0 aromatic carbocycles. The van der Waals surface area contributed by atoms with Crippen LogP contribution in [0.3, 0.4) is 0 Å². The summed E-state index contributed by atoms with van der Waals surface area (Å²) in [6, 6.07) is 2.38. The first-order valence-corrected chi connectivity index (χ1v) is 3.20. The van der Waals surface area contributed by atoms with Gasteiger partial charge in [-0.3, -0.25) is 0 Å². The Hall–Kier alpha value is -0.510. The molecule has 2 saturated carbocycles. The zero-order chi connectivity index (χ0) is 5.83. The van der Waals surface area contributed by atoms with Crippen molar-refractivity contribution < 1.29 is 0 Å². The van der Waals surface area contributed by atoms with E-state index in [1.165, 1.54) is 19.3 Å². The molecule has 1 heteroatoms. The normalized spacial score (nSPS) is 56.5. The molecule has 0 unspecified atom stereocenters. The van der Waals surface area contributed by atoms with E-state index in [9.17, 15) is 0 Å². The first kappa shape index (κ1) is 4.38. The summed E-state index contributed by atoms with van der Waals surface area (Å²) < 4.78 is 0. The fraction of sp³-hybridized carbons (Fsp3) is 0.857. The van der Waals surface area contributed by atoms with Crippen LogP contribution in [0.2, 0.25) is 0 Å². The van der Waals surface area contributed by atoms with Crippen LogP contribution in [0, 0.1) is 22.2 Å². The van der Waals surface area contributed by atoms with Crippen LogP contribution < -0.4 is 0 Å². The summed E-state index contributed by atoms with van der Waals surface area (Å²) in [5, 5.41) is 8.55. The lowest BCUT2D eigenvalue weighted by molar-refractivity contribution is 0.622. The number of fused-ring (bicyclic) bond motifs is 1. The van der Waals surface area contributed by atoms with Crippen molar-refractivity contribution in [3.63, 3.8) is 0 Å². The average Bonchev–Trinajstić information content (AvgIpc) is 2.48. The van der Waals surface area contributed by atoms with Gasteiger partial charge in [-0.1, -0.05) is 6.92 Å². The molecule has 0 heterocycles. The molecular weight excluding hydrogens is 98.1 g/mol. The van der Waals surface area contributed by atoms with E-state index in [1.54, 1.807) is 0 Å². The lowest BCUT2D eigenvalue weighted by atomic mass is 10.2. The van der Waals surface area contributed by atoms with Crippen molar-refractivity contribution in [3.8, 4) is 6.07 Å². The van der Waals surface area contributed by atoms with E-state index in [0.717, 1.165) is 0 Å². The molecule has 42 valence electrons. The summed E-state index contributed by atoms with van der Waals surface area (Å²) in [5.41, 5.74) is 0.753. The average molecular weight is 107 g/mol. The summed E-state index contributed by atoms with van der Waals surface area (Å²) in [7, 11) is 0. The van der Waals surface area contributed by atoms with Crippen LogP contribution in [0.15, 0.2) is 0 Å². The Kier molecular flexibility index (Phi) is 0.446. The van der Waals surface area contributed by atoms with Crippen molar-refractivity contribution >= 4 is 0 Å². The third kappa shape index (κ3) is 0.219. The molecule has 0 radical (unpaired) electrons. The maximum absolute atomic E-state index is 8.55. The molecule has 0 saturated heterocycles. The molecule has 2 aliphatic carbocycles. The monoisotopic (exact) mass is 107 g/mol. The van der Waals surface area contributed by atoms with Crippen molar-refractivity contribution in [3.05, 3.63) is 0 Å². The van der Waals surface area contributed by atoms with E-state index < -0.39 is 0 Å². The molecule has 8 heavy (non-hydrogen) atoms. The van der Waals surface area contributed by atoms with E-state index >= 15 is 0 Å². The fourth-order valence-corrected chi connectivity index (χ4v) is 1.80. The van der Waals surface area contributed by atoms with Gasteiger partial charge in [-0.25, -0.2) is 0 Å². The van der Waals surface area contributed by atoms with Gasteiger partial charge in [-0.05, 0) is 24.7 Å². The first-order valence-electron chi connectivity index (χ1n) is 3.20. The van der Waals surface area contributed by atoms with Crippen LogP contribution in [0.5, 0.6) is 0 Å². The van der Waals surface area contributed by atoms with Crippen LogP contribution in [-0.2, 0) is 0 Å². The third-order valence-corrected chi connectivity index (χ3v) is 2.94. The van der Waals surface area contributed by atoms with Gasteiger partial charge in [-0.2, -0.15) is 5.26 Å². The van der Waals surface area contributed by atoms with Crippen LogP contribution in [0.25, 0.3) is 0 Å². The van der Waals surface area contributed by atoms with E-state index in [0.29, 0.717) is 5.41 Å². The summed E-state index contributed by atoms with van der Waals surface area (Å²) in [6.45, 7) is 2.19. The highest BCUT2D eigenvalue weighted by Crippen LogP contribution is 2.87. The lowest BCUT2D eigenvalue weighted by Crippen LogP contribution is -1.77. The van der Waals surface area contributed by atoms with Gasteiger partial charge in [0.15, 0.2) is 0 Å². The summed E-state index contributed by atoms with van der Waals surface area (Å²) in [5.74, 6) is 0. The molecule has 0 spiro atoms. The smallest absolute Gasteiger partial charge is 0.0696 e. The maximum Gasteiger partial charge on any atom is 0.0696 e. The molecule has 1 nitrogen and oxygen atoms in total. The van der Waals surface area contributed by atoms with Gasteiger partial charge in [0.2, 0.25) is 0 Å². The molecule has 0 aromatic rings. The van der Waals surface area contributed by atoms with Gasteiger partial charge >= 0.3 is 0 Å². The standard InChI is InChI=1S/C7H9N/c1-2-6-3-7(6,4-6)5-8/h2-4H2,1H3. The molecule has 0 aliphatic heterocycles. The van der Waals surface area contributed by atoms with Crippen molar-refractivity contribution in [2.75, 3.05) is 0 Å². The highest BCUT2D eigenvalue weighted by atomic mass is 14.8. The number of nitrogens with zero attached hydrogens (tertiary/aromatic N) is 1. The number of hydrogen-bond acceptors (Lipinski definition) is 1. The van der Waals surface area contributed by atoms with Crippen molar-refractivity contribution in [2.45, 2.75) is 26.2 Å². The molecular formula is C7H9N. The van der Waals surface area contributed by atoms with Gasteiger partial charge < -0.3 is 0 Å². The third-order valence-electron chi connectivity index (χ3n) is 2.94. The Morgan fingerprint density at radius 1 is 1.62 bits per heavy atom. The molecule has 0 atom stereocenters. The van der Waals surface area contributed by atoms with E-state index in [-0.39, 0.29) is 5.41 Å².